The third-order valence-corrected chi connectivity index (χ3v) is 3.39. The fourth-order valence-corrected chi connectivity index (χ4v) is 2.17. The molecular formula is C13H18N2O5. The summed E-state index contributed by atoms with van der Waals surface area (Å²) in [5.74, 6) is 0.116. The monoisotopic (exact) mass is 282 g/mol. The Morgan fingerprint density at radius 2 is 2.20 bits per heavy atom. The van der Waals surface area contributed by atoms with Gasteiger partial charge in [-0.25, -0.2) is 4.79 Å². The first-order valence-corrected chi connectivity index (χ1v) is 6.42. The standard InChI is InChI=1S/C13H18N2O5/c1-8-10(9(2)20-14-8)6-12(16)15-4-5-19-11(7-15)13(17)18-3/h11H,4-7H2,1-3H3. The minimum absolute atomic E-state index is 0.0726. The lowest BCUT2D eigenvalue weighted by Gasteiger charge is -2.31. The summed E-state index contributed by atoms with van der Waals surface area (Å²) in [6.45, 7) is 4.59. The van der Waals surface area contributed by atoms with Gasteiger partial charge in [0.25, 0.3) is 0 Å². The SMILES string of the molecule is COC(=O)C1CN(C(=O)Cc2c(C)noc2C)CCO1. The van der Waals surface area contributed by atoms with Gasteiger partial charge < -0.3 is 18.9 Å². The predicted octanol–water partition coefficient (Wildman–Crippen LogP) is 0.234. The summed E-state index contributed by atoms with van der Waals surface area (Å²) in [5.41, 5.74) is 1.52. The molecule has 1 fully saturated rings. The molecule has 1 aromatic heterocycles. The predicted molar refractivity (Wildman–Crippen MR) is 68.0 cm³/mol. The first-order valence-electron chi connectivity index (χ1n) is 6.42. The zero-order chi connectivity index (χ0) is 14.7. The highest BCUT2D eigenvalue weighted by Crippen LogP contribution is 2.15. The highest BCUT2D eigenvalue weighted by molar-refractivity contribution is 5.81. The second-order valence-electron chi connectivity index (χ2n) is 4.70. The quantitative estimate of drug-likeness (QED) is 0.738. The molecule has 0 radical (unpaired) electrons. The lowest BCUT2D eigenvalue weighted by Crippen LogP contribution is -2.49. The Kier molecular flexibility index (Phi) is 4.39. The molecule has 1 aliphatic heterocycles. The van der Waals surface area contributed by atoms with Crippen LogP contribution in [0.5, 0.6) is 0 Å². The Morgan fingerprint density at radius 3 is 2.80 bits per heavy atom. The topological polar surface area (TPSA) is 81.9 Å². The molecule has 1 unspecified atom stereocenters. The second kappa shape index (κ2) is 6.04. The van der Waals surface area contributed by atoms with E-state index in [0.29, 0.717) is 24.6 Å². The average Bonchev–Trinajstić information content (AvgIpc) is 2.78. The maximum absolute atomic E-state index is 12.3. The molecule has 7 heteroatoms. The van der Waals surface area contributed by atoms with Gasteiger partial charge in [-0.2, -0.15) is 0 Å². The summed E-state index contributed by atoms with van der Waals surface area (Å²) in [5, 5.41) is 3.83. The molecule has 0 spiro atoms. The van der Waals surface area contributed by atoms with Crippen LogP contribution in [0.4, 0.5) is 0 Å². The zero-order valence-electron chi connectivity index (χ0n) is 11.8. The van der Waals surface area contributed by atoms with Crippen LogP contribution in [0, 0.1) is 13.8 Å². The van der Waals surface area contributed by atoms with Gasteiger partial charge in [0.05, 0.1) is 32.4 Å². The van der Waals surface area contributed by atoms with Crippen molar-refractivity contribution < 1.29 is 23.6 Å². The lowest BCUT2D eigenvalue weighted by molar-refractivity contribution is -0.162. The van der Waals surface area contributed by atoms with Gasteiger partial charge in [-0.1, -0.05) is 5.16 Å². The van der Waals surface area contributed by atoms with Crippen molar-refractivity contribution in [2.24, 2.45) is 0 Å². The van der Waals surface area contributed by atoms with Crippen LogP contribution in [0.25, 0.3) is 0 Å². The minimum atomic E-state index is -0.706. The smallest absolute Gasteiger partial charge is 0.336 e. The third kappa shape index (κ3) is 2.98. The zero-order valence-corrected chi connectivity index (χ0v) is 11.8. The summed E-state index contributed by atoms with van der Waals surface area (Å²) in [4.78, 5) is 25.3. The molecule has 2 heterocycles. The number of morpholine rings is 1. The molecular weight excluding hydrogens is 264 g/mol. The number of hydrogen-bond donors (Lipinski definition) is 0. The van der Waals surface area contributed by atoms with Crippen LogP contribution in [0.15, 0.2) is 4.52 Å². The van der Waals surface area contributed by atoms with Crippen molar-refractivity contribution >= 4 is 11.9 Å². The van der Waals surface area contributed by atoms with Crippen molar-refractivity contribution in [3.63, 3.8) is 0 Å². The normalized spacial score (nSPS) is 18.9. The van der Waals surface area contributed by atoms with E-state index in [-0.39, 0.29) is 18.9 Å². The minimum Gasteiger partial charge on any atom is -0.467 e. The van der Waals surface area contributed by atoms with Crippen molar-refractivity contribution in [1.29, 1.82) is 0 Å². The van der Waals surface area contributed by atoms with Gasteiger partial charge in [0.2, 0.25) is 5.91 Å². The van der Waals surface area contributed by atoms with E-state index in [0.717, 1.165) is 5.56 Å². The van der Waals surface area contributed by atoms with Crippen molar-refractivity contribution in [1.82, 2.24) is 10.1 Å². The van der Waals surface area contributed by atoms with Gasteiger partial charge >= 0.3 is 5.97 Å². The summed E-state index contributed by atoms with van der Waals surface area (Å²) in [7, 11) is 1.30. The molecule has 0 bridgehead atoms. The number of carbonyl (C=O) groups excluding carboxylic acids is 2. The summed E-state index contributed by atoms with van der Waals surface area (Å²) in [6, 6.07) is 0. The highest BCUT2D eigenvalue weighted by Gasteiger charge is 2.30. The van der Waals surface area contributed by atoms with E-state index in [4.69, 9.17) is 9.26 Å². The van der Waals surface area contributed by atoms with Crippen LogP contribution < -0.4 is 0 Å². The van der Waals surface area contributed by atoms with Gasteiger partial charge in [-0.05, 0) is 13.8 Å². The Bertz CT molecular complexity index is 491. The number of nitrogens with zero attached hydrogens (tertiary/aromatic N) is 2. The number of carbonyl (C=O) groups is 2. The molecule has 1 aromatic rings. The van der Waals surface area contributed by atoms with Crippen molar-refractivity contribution in [2.75, 3.05) is 26.8 Å². The van der Waals surface area contributed by atoms with E-state index < -0.39 is 12.1 Å². The van der Waals surface area contributed by atoms with E-state index >= 15 is 0 Å². The highest BCUT2D eigenvalue weighted by atomic mass is 16.6. The summed E-state index contributed by atoms with van der Waals surface area (Å²) in [6.07, 6.45) is -0.489. The first kappa shape index (κ1) is 14.5. The van der Waals surface area contributed by atoms with Gasteiger partial charge in [-0.3, -0.25) is 4.79 Å². The first-order chi connectivity index (χ1) is 9.52. The third-order valence-electron chi connectivity index (χ3n) is 3.39. The molecule has 1 amide bonds. The number of ether oxygens (including phenoxy) is 2. The maximum Gasteiger partial charge on any atom is 0.336 e. The number of aromatic nitrogens is 1. The van der Waals surface area contributed by atoms with Gasteiger partial charge in [0.15, 0.2) is 6.10 Å². The van der Waals surface area contributed by atoms with Crippen LogP contribution in [0.1, 0.15) is 17.0 Å². The fraction of sp³-hybridized carbons (Fsp3) is 0.615. The maximum atomic E-state index is 12.3. The number of methoxy groups -OCH3 is 1. The Morgan fingerprint density at radius 1 is 1.45 bits per heavy atom. The molecule has 20 heavy (non-hydrogen) atoms. The molecule has 1 atom stereocenters. The number of hydrogen-bond acceptors (Lipinski definition) is 6. The number of esters is 1. The van der Waals surface area contributed by atoms with Crippen molar-refractivity contribution in [3.05, 3.63) is 17.0 Å². The van der Waals surface area contributed by atoms with Crippen LogP contribution in [0.3, 0.4) is 0 Å². The van der Waals surface area contributed by atoms with E-state index in [1.807, 2.05) is 0 Å². The largest absolute Gasteiger partial charge is 0.467 e. The number of amides is 1. The number of aryl methyl sites for hydroxylation is 2. The molecule has 1 saturated heterocycles. The molecule has 110 valence electrons. The summed E-state index contributed by atoms with van der Waals surface area (Å²) >= 11 is 0. The van der Waals surface area contributed by atoms with E-state index in [1.54, 1.807) is 18.7 Å². The van der Waals surface area contributed by atoms with Gasteiger partial charge in [0.1, 0.15) is 5.76 Å². The fourth-order valence-electron chi connectivity index (χ4n) is 2.17. The van der Waals surface area contributed by atoms with Crippen LogP contribution >= 0.6 is 0 Å². The lowest BCUT2D eigenvalue weighted by atomic mass is 10.1. The average molecular weight is 282 g/mol. The molecule has 0 aliphatic carbocycles. The van der Waals surface area contributed by atoms with E-state index in [1.165, 1.54) is 7.11 Å². The van der Waals surface area contributed by atoms with Crippen LogP contribution in [-0.4, -0.2) is 54.8 Å². The van der Waals surface area contributed by atoms with E-state index in [2.05, 4.69) is 9.89 Å². The molecule has 0 saturated carbocycles. The second-order valence-corrected chi connectivity index (χ2v) is 4.70. The number of rotatable bonds is 3. The Hall–Kier alpha value is -1.89. The van der Waals surface area contributed by atoms with Crippen LogP contribution in [0.2, 0.25) is 0 Å². The van der Waals surface area contributed by atoms with Crippen LogP contribution in [-0.2, 0) is 25.5 Å². The van der Waals surface area contributed by atoms with Gasteiger partial charge in [-0.15, -0.1) is 0 Å². The Balaban J connectivity index is 2.00. The van der Waals surface area contributed by atoms with E-state index in [9.17, 15) is 9.59 Å². The van der Waals surface area contributed by atoms with Crippen molar-refractivity contribution in [3.8, 4) is 0 Å². The summed E-state index contributed by atoms with van der Waals surface area (Å²) < 4.78 is 15.0. The Labute approximate surface area is 116 Å². The van der Waals surface area contributed by atoms with Crippen molar-refractivity contribution in [2.45, 2.75) is 26.4 Å². The molecule has 7 nitrogen and oxygen atoms in total. The molecule has 2 rings (SSSR count). The van der Waals surface area contributed by atoms with Gasteiger partial charge in [0, 0.05) is 12.1 Å². The molecule has 1 aliphatic rings. The molecule has 0 N–H and O–H groups in total. The molecule has 0 aromatic carbocycles.